The number of hydrogen-bond acceptors (Lipinski definition) is 2. The molecule has 1 aromatic carbocycles. The highest BCUT2D eigenvalue weighted by atomic mass is 15.1. The summed E-state index contributed by atoms with van der Waals surface area (Å²) in [5, 5.41) is 3.53. The largest absolute Gasteiger partial charge is 0.313 e. The number of aryl methyl sites for hydroxylation is 1. The molecule has 0 radical (unpaired) electrons. The highest BCUT2D eigenvalue weighted by Crippen LogP contribution is 2.10. The predicted octanol–water partition coefficient (Wildman–Crippen LogP) is 3.20. The molecule has 0 heterocycles. The second kappa shape index (κ2) is 7.55. The van der Waals surface area contributed by atoms with Gasteiger partial charge in [-0.2, -0.15) is 0 Å². The number of rotatable bonds is 7. The molecule has 2 heteroatoms. The van der Waals surface area contributed by atoms with E-state index in [2.05, 4.69) is 69.2 Å². The fraction of sp³-hybridized carbons (Fsp3) is 0.625. The van der Waals surface area contributed by atoms with E-state index in [4.69, 9.17) is 0 Å². The Morgan fingerprint density at radius 3 is 2.56 bits per heavy atom. The Labute approximate surface area is 112 Å². The minimum Gasteiger partial charge on any atom is -0.313 e. The van der Waals surface area contributed by atoms with Gasteiger partial charge < -0.3 is 5.32 Å². The summed E-state index contributed by atoms with van der Waals surface area (Å²) in [4.78, 5) is 2.45. The fourth-order valence-corrected chi connectivity index (χ4v) is 2.21. The standard InChI is InChI=1S/C16H28N2/c1-6-16(11-17-13(2)3)18(5)12-15-9-7-8-14(4)10-15/h7-10,13,16-17H,6,11-12H2,1-5H3. The number of nitrogens with zero attached hydrogens (tertiary/aromatic N) is 1. The fourth-order valence-electron chi connectivity index (χ4n) is 2.21. The molecule has 0 saturated heterocycles. The van der Waals surface area contributed by atoms with Crippen molar-refractivity contribution in [1.29, 1.82) is 0 Å². The number of likely N-dealkylation sites (N-methyl/N-ethyl adjacent to an activating group) is 1. The second-order valence-electron chi connectivity index (χ2n) is 5.53. The van der Waals surface area contributed by atoms with Gasteiger partial charge in [-0.15, -0.1) is 0 Å². The molecule has 0 spiro atoms. The molecule has 1 N–H and O–H groups in total. The summed E-state index contributed by atoms with van der Waals surface area (Å²) >= 11 is 0. The molecule has 1 atom stereocenters. The minimum atomic E-state index is 0.561. The highest BCUT2D eigenvalue weighted by molar-refractivity contribution is 5.22. The maximum Gasteiger partial charge on any atom is 0.0234 e. The molecule has 0 saturated carbocycles. The lowest BCUT2D eigenvalue weighted by Crippen LogP contribution is -2.41. The third kappa shape index (κ3) is 5.19. The first kappa shape index (κ1) is 15.2. The summed E-state index contributed by atoms with van der Waals surface area (Å²) in [6, 6.07) is 9.96. The van der Waals surface area contributed by atoms with E-state index >= 15 is 0 Å². The van der Waals surface area contributed by atoms with Crippen LogP contribution in [-0.4, -0.2) is 30.6 Å². The van der Waals surface area contributed by atoms with Gasteiger partial charge in [0.1, 0.15) is 0 Å². The predicted molar refractivity (Wildman–Crippen MR) is 79.9 cm³/mol. The van der Waals surface area contributed by atoms with E-state index < -0.39 is 0 Å². The van der Waals surface area contributed by atoms with Gasteiger partial charge in [0.2, 0.25) is 0 Å². The minimum absolute atomic E-state index is 0.561. The van der Waals surface area contributed by atoms with Crippen molar-refractivity contribution in [2.75, 3.05) is 13.6 Å². The monoisotopic (exact) mass is 248 g/mol. The summed E-state index contributed by atoms with van der Waals surface area (Å²) in [6.45, 7) is 10.9. The summed E-state index contributed by atoms with van der Waals surface area (Å²) in [5.74, 6) is 0. The van der Waals surface area contributed by atoms with Crippen molar-refractivity contribution in [3.8, 4) is 0 Å². The lowest BCUT2D eigenvalue weighted by Gasteiger charge is -2.28. The van der Waals surface area contributed by atoms with E-state index in [1.165, 1.54) is 17.5 Å². The summed E-state index contributed by atoms with van der Waals surface area (Å²) in [5.41, 5.74) is 2.75. The van der Waals surface area contributed by atoms with Crippen LogP contribution in [0.2, 0.25) is 0 Å². The van der Waals surface area contributed by atoms with Gasteiger partial charge in [0.05, 0.1) is 0 Å². The van der Waals surface area contributed by atoms with Gasteiger partial charge >= 0.3 is 0 Å². The molecule has 0 aromatic heterocycles. The molecular weight excluding hydrogens is 220 g/mol. The average molecular weight is 248 g/mol. The lowest BCUT2D eigenvalue weighted by atomic mass is 10.1. The first-order valence-electron chi connectivity index (χ1n) is 7.02. The Morgan fingerprint density at radius 1 is 1.28 bits per heavy atom. The van der Waals surface area contributed by atoms with Crippen molar-refractivity contribution in [3.63, 3.8) is 0 Å². The van der Waals surface area contributed by atoms with Gasteiger partial charge in [0, 0.05) is 25.2 Å². The van der Waals surface area contributed by atoms with E-state index in [0.29, 0.717) is 12.1 Å². The molecule has 0 aliphatic heterocycles. The van der Waals surface area contributed by atoms with Crippen LogP contribution in [0.3, 0.4) is 0 Å². The van der Waals surface area contributed by atoms with E-state index in [0.717, 1.165) is 13.1 Å². The molecule has 1 rings (SSSR count). The van der Waals surface area contributed by atoms with Crippen molar-refractivity contribution >= 4 is 0 Å². The van der Waals surface area contributed by atoms with Crippen LogP contribution in [0.5, 0.6) is 0 Å². The smallest absolute Gasteiger partial charge is 0.0234 e. The summed E-state index contributed by atoms with van der Waals surface area (Å²) in [6.07, 6.45) is 1.18. The maximum atomic E-state index is 3.53. The maximum absolute atomic E-state index is 3.53. The van der Waals surface area contributed by atoms with Gasteiger partial charge in [0.15, 0.2) is 0 Å². The van der Waals surface area contributed by atoms with Gasteiger partial charge in [-0.3, -0.25) is 4.90 Å². The number of benzene rings is 1. The van der Waals surface area contributed by atoms with E-state index in [-0.39, 0.29) is 0 Å². The van der Waals surface area contributed by atoms with Crippen LogP contribution in [0.15, 0.2) is 24.3 Å². The van der Waals surface area contributed by atoms with E-state index in [9.17, 15) is 0 Å². The highest BCUT2D eigenvalue weighted by Gasteiger charge is 2.13. The second-order valence-corrected chi connectivity index (χ2v) is 5.53. The molecule has 0 amide bonds. The molecule has 1 aromatic rings. The Balaban J connectivity index is 2.53. The molecule has 0 aliphatic carbocycles. The normalized spacial score (nSPS) is 13.3. The quantitative estimate of drug-likeness (QED) is 0.797. The van der Waals surface area contributed by atoms with Gasteiger partial charge in [-0.1, -0.05) is 50.6 Å². The number of hydrogen-bond donors (Lipinski definition) is 1. The molecule has 0 fully saturated rings. The zero-order chi connectivity index (χ0) is 13.5. The molecular formula is C16H28N2. The average Bonchev–Trinajstić information content (AvgIpc) is 2.29. The molecule has 2 nitrogen and oxygen atoms in total. The number of nitrogens with one attached hydrogen (secondary N) is 1. The zero-order valence-electron chi connectivity index (χ0n) is 12.5. The van der Waals surface area contributed by atoms with Crippen molar-refractivity contribution in [2.24, 2.45) is 0 Å². The van der Waals surface area contributed by atoms with Crippen molar-refractivity contribution in [1.82, 2.24) is 10.2 Å². The Bertz CT molecular complexity index is 347. The first-order chi connectivity index (χ1) is 8.52. The molecule has 102 valence electrons. The van der Waals surface area contributed by atoms with Crippen LogP contribution >= 0.6 is 0 Å². The van der Waals surface area contributed by atoms with Gasteiger partial charge in [0.25, 0.3) is 0 Å². The van der Waals surface area contributed by atoms with Crippen LogP contribution in [0.25, 0.3) is 0 Å². The van der Waals surface area contributed by atoms with Gasteiger partial charge in [-0.25, -0.2) is 0 Å². The molecule has 18 heavy (non-hydrogen) atoms. The lowest BCUT2D eigenvalue weighted by molar-refractivity contribution is 0.218. The van der Waals surface area contributed by atoms with E-state index in [1.54, 1.807) is 0 Å². The van der Waals surface area contributed by atoms with Crippen LogP contribution in [0, 0.1) is 6.92 Å². The van der Waals surface area contributed by atoms with Crippen LogP contribution in [0.4, 0.5) is 0 Å². The SMILES string of the molecule is CCC(CNC(C)C)N(C)Cc1cccc(C)c1. The summed E-state index contributed by atoms with van der Waals surface area (Å²) in [7, 11) is 2.22. The Kier molecular flexibility index (Phi) is 6.37. The van der Waals surface area contributed by atoms with Crippen molar-refractivity contribution in [2.45, 2.75) is 52.7 Å². The molecule has 1 unspecified atom stereocenters. The van der Waals surface area contributed by atoms with Gasteiger partial charge in [-0.05, 0) is 26.0 Å². The van der Waals surface area contributed by atoms with Crippen LogP contribution in [-0.2, 0) is 6.54 Å². The Hall–Kier alpha value is -0.860. The molecule has 0 bridgehead atoms. The van der Waals surface area contributed by atoms with Crippen LogP contribution in [0.1, 0.15) is 38.3 Å². The third-order valence-electron chi connectivity index (χ3n) is 3.37. The summed E-state index contributed by atoms with van der Waals surface area (Å²) < 4.78 is 0. The van der Waals surface area contributed by atoms with Crippen molar-refractivity contribution in [3.05, 3.63) is 35.4 Å². The topological polar surface area (TPSA) is 15.3 Å². The first-order valence-corrected chi connectivity index (χ1v) is 7.02. The van der Waals surface area contributed by atoms with Crippen LogP contribution < -0.4 is 5.32 Å². The Morgan fingerprint density at radius 2 is 2.00 bits per heavy atom. The molecule has 0 aliphatic rings. The third-order valence-corrected chi connectivity index (χ3v) is 3.37. The van der Waals surface area contributed by atoms with E-state index in [1.807, 2.05) is 0 Å². The van der Waals surface area contributed by atoms with Crippen molar-refractivity contribution < 1.29 is 0 Å². The zero-order valence-corrected chi connectivity index (χ0v) is 12.5.